The van der Waals surface area contributed by atoms with Crippen LogP contribution in [0.15, 0.2) is 29.1 Å². The van der Waals surface area contributed by atoms with Gasteiger partial charge in [0.25, 0.3) is 0 Å². The lowest BCUT2D eigenvalue weighted by molar-refractivity contribution is 0.732. The molecule has 0 saturated heterocycles. The highest BCUT2D eigenvalue weighted by Crippen LogP contribution is 2.12. The molecular weight excluding hydrogens is 254 g/mol. The molecular formula is C14H19N5O. The van der Waals surface area contributed by atoms with Gasteiger partial charge < -0.3 is 0 Å². The molecule has 2 N–H and O–H groups in total. The van der Waals surface area contributed by atoms with Crippen LogP contribution < -0.4 is 16.5 Å². The van der Waals surface area contributed by atoms with Gasteiger partial charge in [0, 0.05) is 6.54 Å². The van der Waals surface area contributed by atoms with E-state index in [9.17, 15) is 4.79 Å². The Morgan fingerprint density at radius 1 is 1.20 bits per heavy atom. The number of hydrogen-bond acceptors (Lipinski definition) is 5. The first-order valence-electron chi connectivity index (χ1n) is 6.66. The van der Waals surface area contributed by atoms with Crippen LogP contribution in [0.25, 0.3) is 5.69 Å². The molecule has 1 aromatic heterocycles. The van der Waals surface area contributed by atoms with Gasteiger partial charge in [0.1, 0.15) is 5.82 Å². The van der Waals surface area contributed by atoms with Crippen LogP contribution in [0, 0.1) is 13.8 Å². The smallest absolute Gasteiger partial charge is 0.289 e. The molecule has 0 spiro atoms. The zero-order valence-electron chi connectivity index (χ0n) is 12.0. The largest absolute Gasteiger partial charge is 0.356 e. The molecule has 0 fully saturated rings. The maximum absolute atomic E-state index is 12.2. The fourth-order valence-electron chi connectivity index (χ4n) is 1.92. The molecule has 0 aliphatic heterocycles. The quantitative estimate of drug-likeness (QED) is 0.639. The molecule has 2 aromatic rings. The Hall–Kier alpha value is -2.21. The van der Waals surface area contributed by atoms with E-state index in [1.807, 2.05) is 31.2 Å². The number of rotatable bonds is 5. The molecule has 1 heterocycles. The van der Waals surface area contributed by atoms with E-state index in [2.05, 4.69) is 27.7 Å². The van der Waals surface area contributed by atoms with E-state index >= 15 is 0 Å². The number of anilines is 1. The van der Waals surface area contributed by atoms with Crippen molar-refractivity contribution < 1.29 is 0 Å². The molecule has 0 amide bonds. The summed E-state index contributed by atoms with van der Waals surface area (Å²) in [5.74, 6) is 0.894. The van der Waals surface area contributed by atoms with Crippen molar-refractivity contribution in [1.82, 2.24) is 20.0 Å². The minimum absolute atomic E-state index is 0.297. The lowest BCUT2D eigenvalue weighted by atomic mass is 10.2. The van der Waals surface area contributed by atoms with Gasteiger partial charge in [-0.2, -0.15) is 9.97 Å². The van der Waals surface area contributed by atoms with Gasteiger partial charge >= 0.3 is 5.69 Å². The molecule has 0 bridgehead atoms. The average molecular weight is 273 g/mol. The first-order chi connectivity index (χ1) is 9.63. The van der Waals surface area contributed by atoms with Gasteiger partial charge in [-0.05, 0) is 31.9 Å². The summed E-state index contributed by atoms with van der Waals surface area (Å²) in [7, 11) is 0. The fourth-order valence-corrected chi connectivity index (χ4v) is 1.92. The zero-order valence-corrected chi connectivity index (χ0v) is 12.0. The highest BCUT2D eigenvalue weighted by Gasteiger charge is 2.09. The highest BCUT2D eigenvalue weighted by molar-refractivity contribution is 5.41. The number of aromatic nitrogens is 3. The lowest BCUT2D eigenvalue weighted by Gasteiger charge is -2.12. The first kappa shape index (κ1) is 14.2. The van der Waals surface area contributed by atoms with Gasteiger partial charge in [-0.3, -0.25) is 5.43 Å². The fraction of sp³-hybridized carbons (Fsp3) is 0.357. The van der Waals surface area contributed by atoms with Crippen molar-refractivity contribution in [2.24, 2.45) is 0 Å². The van der Waals surface area contributed by atoms with E-state index in [1.165, 1.54) is 4.57 Å². The minimum Gasteiger partial charge on any atom is -0.289 e. The van der Waals surface area contributed by atoms with Gasteiger partial charge in [0.05, 0.1) is 5.69 Å². The molecule has 0 aliphatic carbocycles. The standard InChI is InChI=1S/C14H19N5O/c1-4-9-15-18-13-16-11(3)19(14(20)17-13)12-8-6-5-7-10(12)2/h5-8,15H,4,9H2,1-3H3,(H,17,18,20). The van der Waals surface area contributed by atoms with Crippen LogP contribution in [0.2, 0.25) is 0 Å². The molecule has 1 aromatic carbocycles. The van der Waals surface area contributed by atoms with Crippen LogP contribution in [0.4, 0.5) is 5.95 Å². The van der Waals surface area contributed by atoms with Crippen LogP contribution in [-0.4, -0.2) is 21.1 Å². The molecule has 0 atom stereocenters. The number of hydrogen-bond donors (Lipinski definition) is 2. The average Bonchev–Trinajstić information content (AvgIpc) is 2.40. The molecule has 0 unspecified atom stereocenters. The third-order valence-electron chi connectivity index (χ3n) is 2.92. The van der Waals surface area contributed by atoms with Crippen molar-refractivity contribution in [1.29, 1.82) is 0 Å². The van der Waals surface area contributed by atoms with Crippen LogP contribution in [0.5, 0.6) is 0 Å². The normalized spacial score (nSPS) is 10.6. The number of para-hydroxylation sites is 1. The molecule has 2 rings (SSSR count). The summed E-state index contributed by atoms with van der Waals surface area (Å²) in [6.45, 7) is 6.58. The van der Waals surface area contributed by atoms with Gasteiger partial charge in [-0.25, -0.2) is 14.8 Å². The lowest BCUT2D eigenvalue weighted by Crippen LogP contribution is -2.30. The van der Waals surface area contributed by atoms with Crippen LogP contribution in [0.3, 0.4) is 0 Å². The number of aryl methyl sites for hydroxylation is 2. The first-order valence-corrected chi connectivity index (χ1v) is 6.66. The summed E-state index contributed by atoms with van der Waals surface area (Å²) in [4.78, 5) is 20.4. The molecule has 0 saturated carbocycles. The SMILES string of the molecule is CCCNNc1nc(C)n(-c2ccccc2C)c(=O)n1. The summed E-state index contributed by atoms with van der Waals surface area (Å²) in [6, 6.07) is 7.67. The van der Waals surface area contributed by atoms with E-state index in [0.717, 1.165) is 24.2 Å². The third kappa shape index (κ3) is 3.03. The van der Waals surface area contributed by atoms with Crippen LogP contribution >= 0.6 is 0 Å². The molecule has 0 aliphatic rings. The Morgan fingerprint density at radius 2 is 1.95 bits per heavy atom. The second-order valence-electron chi connectivity index (χ2n) is 4.55. The maximum Gasteiger partial charge on any atom is 0.356 e. The monoisotopic (exact) mass is 273 g/mol. The van der Waals surface area contributed by atoms with Gasteiger partial charge in [-0.1, -0.05) is 25.1 Å². The predicted octanol–water partition coefficient (Wildman–Crippen LogP) is 1.57. The Morgan fingerprint density at radius 3 is 2.60 bits per heavy atom. The van der Waals surface area contributed by atoms with Gasteiger partial charge in [0.2, 0.25) is 5.95 Å². The van der Waals surface area contributed by atoms with Crippen LogP contribution in [0.1, 0.15) is 24.7 Å². The topological polar surface area (TPSA) is 71.8 Å². The maximum atomic E-state index is 12.2. The highest BCUT2D eigenvalue weighted by atomic mass is 16.1. The molecule has 0 radical (unpaired) electrons. The number of hydrazine groups is 1. The van der Waals surface area contributed by atoms with E-state index in [1.54, 1.807) is 6.92 Å². The van der Waals surface area contributed by atoms with Crippen LogP contribution in [-0.2, 0) is 0 Å². The van der Waals surface area contributed by atoms with Crippen molar-refractivity contribution in [2.75, 3.05) is 12.0 Å². The number of nitrogens with one attached hydrogen (secondary N) is 2. The van der Waals surface area contributed by atoms with E-state index in [-0.39, 0.29) is 5.69 Å². The second-order valence-corrected chi connectivity index (χ2v) is 4.55. The van der Waals surface area contributed by atoms with Crippen molar-refractivity contribution in [3.63, 3.8) is 0 Å². The van der Waals surface area contributed by atoms with Gasteiger partial charge in [-0.15, -0.1) is 0 Å². The summed E-state index contributed by atoms with van der Waals surface area (Å²) in [5, 5.41) is 0. The summed E-state index contributed by atoms with van der Waals surface area (Å²) < 4.78 is 1.51. The third-order valence-corrected chi connectivity index (χ3v) is 2.92. The molecule has 20 heavy (non-hydrogen) atoms. The number of nitrogens with zero attached hydrogens (tertiary/aromatic N) is 3. The zero-order chi connectivity index (χ0) is 14.5. The van der Waals surface area contributed by atoms with Crippen molar-refractivity contribution in [3.8, 4) is 5.69 Å². The Kier molecular flexibility index (Phi) is 4.47. The minimum atomic E-state index is -0.340. The van der Waals surface area contributed by atoms with Gasteiger partial charge in [0.15, 0.2) is 0 Å². The summed E-state index contributed by atoms with van der Waals surface area (Å²) in [5.41, 5.74) is 7.26. The number of benzene rings is 1. The van der Waals surface area contributed by atoms with E-state index < -0.39 is 0 Å². The predicted molar refractivity (Wildman–Crippen MR) is 79.0 cm³/mol. The second kappa shape index (κ2) is 6.29. The molecule has 6 nitrogen and oxygen atoms in total. The van der Waals surface area contributed by atoms with Crippen molar-refractivity contribution in [2.45, 2.75) is 27.2 Å². The molecule has 106 valence electrons. The summed E-state index contributed by atoms with van der Waals surface area (Å²) >= 11 is 0. The Labute approximate surface area is 117 Å². The van der Waals surface area contributed by atoms with Crippen molar-refractivity contribution in [3.05, 3.63) is 46.1 Å². The molecule has 6 heteroatoms. The van der Waals surface area contributed by atoms with E-state index in [0.29, 0.717) is 11.8 Å². The van der Waals surface area contributed by atoms with Crippen molar-refractivity contribution >= 4 is 5.95 Å². The van der Waals surface area contributed by atoms with E-state index in [4.69, 9.17) is 0 Å². The Bertz CT molecular complexity index is 650. The Balaban J connectivity index is 2.37. The summed E-state index contributed by atoms with van der Waals surface area (Å²) in [6.07, 6.45) is 0.978.